The lowest BCUT2D eigenvalue weighted by atomic mass is 9.94. The maximum absolute atomic E-state index is 13.2. The number of hydrogen-bond donors (Lipinski definition) is 0. The Hall–Kier alpha value is -3.06. The van der Waals surface area contributed by atoms with E-state index in [9.17, 15) is 9.59 Å². The van der Waals surface area contributed by atoms with Gasteiger partial charge >= 0.3 is 5.69 Å². The molecule has 34 heavy (non-hydrogen) atoms. The molecule has 0 spiro atoms. The molecule has 0 saturated carbocycles. The third-order valence-corrected chi connectivity index (χ3v) is 6.54. The normalized spacial score (nSPS) is 14.9. The minimum Gasteiger partial charge on any atom is -0.478 e. The second-order valence-corrected chi connectivity index (χ2v) is 9.60. The van der Waals surface area contributed by atoms with E-state index in [1.54, 1.807) is 47.4 Å². The van der Waals surface area contributed by atoms with Gasteiger partial charge in [0.05, 0.1) is 6.54 Å². The number of likely N-dealkylation sites (tertiary alicyclic amines) is 1. The first-order chi connectivity index (χ1) is 16.3. The van der Waals surface area contributed by atoms with Crippen LogP contribution in [0.2, 0.25) is 5.02 Å². The van der Waals surface area contributed by atoms with Gasteiger partial charge in [-0.15, -0.1) is 0 Å². The van der Waals surface area contributed by atoms with Gasteiger partial charge in [0.1, 0.15) is 11.6 Å². The largest absolute Gasteiger partial charge is 0.478 e. The van der Waals surface area contributed by atoms with Crippen LogP contribution in [0.25, 0.3) is 0 Å². The number of rotatable bonds is 7. The van der Waals surface area contributed by atoms with Gasteiger partial charge in [-0.3, -0.25) is 9.36 Å². The quantitative estimate of drug-likeness (QED) is 0.502. The highest BCUT2D eigenvalue weighted by molar-refractivity contribution is 6.30. The Labute approximate surface area is 204 Å². The minimum atomic E-state index is -0.997. The van der Waals surface area contributed by atoms with Crippen molar-refractivity contribution in [3.8, 4) is 5.75 Å². The number of carbonyl (C=O) groups excluding carboxylic acids is 1. The molecule has 4 rings (SSSR count). The first kappa shape index (κ1) is 24.1. The summed E-state index contributed by atoms with van der Waals surface area (Å²) in [5.41, 5.74) is -0.0405. The second kappa shape index (κ2) is 10.1. The van der Waals surface area contributed by atoms with Crippen molar-refractivity contribution in [1.82, 2.24) is 19.2 Å². The minimum absolute atomic E-state index is 0.0524. The SMILES string of the molecule is CCn1c(C2CCN(C(=O)C(C)(C)Oc3ccc(Cl)cc3)CC2)nn(Cc2ccccc2)c1=O. The highest BCUT2D eigenvalue weighted by Crippen LogP contribution is 2.29. The summed E-state index contributed by atoms with van der Waals surface area (Å²) < 4.78 is 9.30. The summed E-state index contributed by atoms with van der Waals surface area (Å²) >= 11 is 5.95. The lowest BCUT2D eigenvalue weighted by molar-refractivity contribution is -0.146. The van der Waals surface area contributed by atoms with Crippen molar-refractivity contribution < 1.29 is 9.53 Å². The lowest BCUT2D eigenvalue weighted by Crippen LogP contribution is -2.51. The fraction of sp³-hybridized carbons (Fsp3) is 0.423. The maximum Gasteiger partial charge on any atom is 0.346 e. The molecule has 2 heterocycles. The van der Waals surface area contributed by atoms with E-state index in [0.29, 0.717) is 37.0 Å². The monoisotopic (exact) mass is 482 g/mol. The Morgan fingerprint density at radius 2 is 1.74 bits per heavy atom. The highest BCUT2D eigenvalue weighted by Gasteiger charge is 2.37. The van der Waals surface area contributed by atoms with Crippen LogP contribution in [0.5, 0.6) is 5.75 Å². The molecule has 3 aromatic rings. The zero-order valence-corrected chi connectivity index (χ0v) is 20.7. The fourth-order valence-corrected chi connectivity index (χ4v) is 4.60. The molecule has 0 N–H and O–H groups in total. The van der Waals surface area contributed by atoms with E-state index in [1.807, 2.05) is 42.2 Å². The highest BCUT2D eigenvalue weighted by atomic mass is 35.5. The van der Waals surface area contributed by atoms with Gasteiger partial charge in [-0.2, -0.15) is 5.10 Å². The zero-order valence-electron chi connectivity index (χ0n) is 19.9. The second-order valence-electron chi connectivity index (χ2n) is 9.16. The average Bonchev–Trinajstić information content (AvgIpc) is 3.15. The smallest absolute Gasteiger partial charge is 0.346 e. The first-order valence-electron chi connectivity index (χ1n) is 11.7. The maximum atomic E-state index is 13.2. The molecular weight excluding hydrogens is 452 g/mol. The predicted molar refractivity (Wildman–Crippen MR) is 132 cm³/mol. The van der Waals surface area contributed by atoms with Gasteiger partial charge in [-0.25, -0.2) is 9.48 Å². The van der Waals surface area contributed by atoms with Gasteiger partial charge in [0.15, 0.2) is 5.60 Å². The number of carbonyl (C=O) groups is 1. The molecular formula is C26H31ClN4O3. The van der Waals surface area contributed by atoms with Crippen LogP contribution in [0.4, 0.5) is 0 Å². The topological polar surface area (TPSA) is 69.4 Å². The van der Waals surface area contributed by atoms with Crippen molar-refractivity contribution in [3.63, 3.8) is 0 Å². The van der Waals surface area contributed by atoms with Crippen LogP contribution in [0.15, 0.2) is 59.4 Å². The van der Waals surface area contributed by atoms with Crippen LogP contribution in [0.1, 0.15) is 50.9 Å². The summed E-state index contributed by atoms with van der Waals surface area (Å²) in [5, 5.41) is 5.33. The van der Waals surface area contributed by atoms with E-state index in [-0.39, 0.29) is 17.5 Å². The summed E-state index contributed by atoms with van der Waals surface area (Å²) in [6.45, 7) is 7.76. The molecule has 1 amide bonds. The van der Waals surface area contributed by atoms with Crippen LogP contribution in [0, 0.1) is 0 Å². The van der Waals surface area contributed by atoms with Crippen molar-refractivity contribution >= 4 is 17.5 Å². The Morgan fingerprint density at radius 1 is 1.09 bits per heavy atom. The van der Waals surface area contributed by atoms with E-state index in [4.69, 9.17) is 21.4 Å². The molecule has 0 atom stereocenters. The number of ether oxygens (including phenoxy) is 1. The Bertz CT molecular complexity index is 1180. The van der Waals surface area contributed by atoms with E-state index in [2.05, 4.69) is 0 Å². The third kappa shape index (κ3) is 5.20. The number of piperidine rings is 1. The number of amides is 1. The molecule has 0 unspecified atom stereocenters. The third-order valence-electron chi connectivity index (χ3n) is 6.29. The molecule has 7 nitrogen and oxygen atoms in total. The zero-order chi connectivity index (χ0) is 24.3. The molecule has 0 bridgehead atoms. The number of nitrogens with zero attached hydrogens (tertiary/aromatic N) is 4. The molecule has 0 radical (unpaired) electrons. The summed E-state index contributed by atoms with van der Waals surface area (Å²) in [5.74, 6) is 1.50. The van der Waals surface area contributed by atoms with Gasteiger partial charge in [0.25, 0.3) is 5.91 Å². The van der Waals surface area contributed by atoms with Crippen molar-refractivity contribution in [2.45, 2.75) is 58.2 Å². The summed E-state index contributed by atoms with van der Waals surface area (Å²) in [4.78, 5) is 28.0. The van der Waals surface area contributed by atoms with Gasteiger partial charge < -0.3 is 9.64 Å². The number of halogens is 1. The Balaban J connectivity index is 1.43. The van der Waals surface area contributed by atoms with Crippen LogP contribution in [-0.4, -0.2) is 43.8 Å². The number of aromatic nitrogens is 3. The molecule has 1 aliphatic rings. The predicted octanol–water partition coefficient (Wildman–Crippen LogP) is 4.33. The molecule has 1 aromatic heterocycles. The van der Waals surface area contributed by atoms with Crippen LogP contribution in [0.3, 0.4) is 0 Å². The molecule has 180 valence electrons. The lowest BCUT2D eigenvalue weighted by Gasteiger charge is -2.36. The first-order valence-corrected chi connectivity index (χ1v) is 12.1. The summed E-state index contributed by atoms with van der Waals surface area (Å²) in [6.07, 6.45) is 1.51. The van der Waals surface area contributed by atoms with E-state index in [1.165, 1.54) is 0 Å². The molecule has 1 saturated heterocycles. The van der Waals surface area contributed by atoms with E-state index >= 15 is 0 Å². The van der Waals surface area contributed by atoms with Crippen molar-refractivity contribution in [1.29, 1.82) is 0 Å². The standard InChI is InChI=1S/C26H31ClN4O3/c1-4-30-23(28-31(25(30)33)18-19-8-6-5-7-9-19)20-14-16-29(17-15-20)24(32)26(2,3)34-22-12-10-21(27)11-13-22/h5-13,20H,4,14-18H2,1-3H3. The number of hydrogen-bond acceptors (Lipinski definition) is 4. The van der Waals surface area contributed by atoms with Gasteiger partial charge in [-0.05, 0) is 63.4 Å². The van der Waals surface area contributed by atoms with Crippen LogP contribution >= 0.6 is 11.6 Å². The Kier molecular flexibility index (Phi) is 7.12. The molecule has 0 aliphatic carbocycles. The van der Waals surface area contributed by atoms with Crippen molar-refractivity contribution in [2.24, 2.45) is 0 Å². The summed E-state index contributed by atoms with van der Waals surface area (Å²) in [6, 6.07) is 16.9. The van der Waals surface area contributed by atoms with Gasteiger partial charge in [-0.1, -0.05) is 41.9 Å². The van der Waals surface area contributed by atoms with Crippen molar-refractivity contribution in [2.75, 3.05) is 13.1 Å². The van der Waals surface area contributed by atoms with Crippen molar-refractivity contribution in [3.05, 3.63) is 81.5 Å². The number of benzene rings is 2. The van der Waals surface area contributed by atoms with Gasteiger partial charge in [0, 0.05) is 30.6 Å². The molecule has 1 fully saturated rings. The molecule has 8 heteroatoms. The average molecular weight is 483 g/mol. The van der Waals surface area contributed by atoms with E-state index in [0.717, 1.165) is 24.2 Å². The van der Waals surface area contributed by atoms with Crippen LogP contribution in [-0.2, 0) is 17.9 Å². The van der Waals surface area contributed by atoms with Gasteiger partial charge in [0.2, 0.25) is 0 Å². The Morgan fingerprint density at radius 3 is 2.35 bits per heavy atom. The molecule has 2 aromatic carbocycles. The van der Waals surface area contributed by atoms with Crippen LogP contribution < -0.4 is 10.4 Å². The summed E-state index contributed by atoms with van der Waals surface area (Å²) in [7, 11) is 0. The molecule has 1 aliphatic heterocycles. The van der Waals surface area contributed by atoms with E-state index < -0.39 is 5.60 Å². The fourth-order valence-electron chi connectivity index (χ4n) is 4.48.